The molecule has 1 heterocycles. The Morgan fingerprint density at radius 1 is 1.35 bits per heavy atom. The fraction of sp³-hybridized carbons (Fsp3) is 0.450. The molecule has 1 N–H and O–H groups in total. The Bertz CT molecular complexity index is 745. The van der Waals surface area contributed by atoms with Gasteiger partial charge in [-0.2, -0.15) is 5.26 Å². The van der Waals surface area contributed by atoms with Crippen molar-refractivity contribution in [3.63, 3.8) is 0 Å². The molecule has 2 rings (SSSR count). The molecule has 0 saturated carbocycles. The van der Waals surface area contributed by atoms with Crippen molar-refractivity contribution in [2.24, 2.45) is 5.92 Å². The summed E-state index contributed by atoms with van der Waals surface area (Å²) in [5, 5.41) is 11.9. The van der Waals surface area contributed by atoms with Crippen LogP contribution in [0.5, 0.6) is 0 Å². The van der Waals surface area contributed by atoms with Gasteiger partial charge >= 0.3 is 12.0 Å². The maximum Gasteiger partial charge on any atom is 0.338 e. The van der Waals surface area contributed by atoms with Gasteiger partial charge in [0.15, 0.2) is 0 Å². The van der Waals surface area contributed by atoms with E-state index < -0.39 is 12.0 Å². The Morgan fingerprint density at radius 2 is 2.00 bits per heavy atom. The number of amides is 2. The van der Waals surface area contributed by atoms with Crippen LogP contribution in [0.25, 0.3) is 0 Å². The summed E-state index contributed by atoms with van der Waals surface area (Å²) in [4.78, 5) is 26.8. The number of carbonyl (C=O) groups excluding carboxylic acids is 2. The van der Waals surface area contributed by atoms with Gasteiger partial charge in [-0.25, -0.2) is 9.59 Å². The van der Waals surface area contributed by atoms with Crippen molar-refractivity contribution in [1.29, 1.82) is 5.26 Å². The Balaban J connectivity index is 2.44. The van der Waals surface area contributed by atoms with Crippen molar-refractivity contribution in [3.8, 4) is 6.07 Å². The second-order valence-corrected chi connectivity index (χ2v) is 6.67. The van der Waals surface area contributed by atoms with Gasteiger partial charge in [-0.05, 0) is 43.9 Å². The van der Waals surface area contributed by atoms with Gasteiger partial charge in [-0.1, -0.05) is 26.0 Å². The van der Waals surface area contributed by atoms with Crippen LogP contribution in [-0.2, 0) is 9.53 Å². The fourth-order valence-corrected chi connectivity index (χ4v) is 2.91. The molecule has 1 aliphatic heterocycles. The molecular formula is C20H25N3O3. The minimum absolute atomic E-state index is 0.231. The van der Waals surface area contributed by atoms with Crippen molar-refractivity contribution in [1.82, 2.24) is 10.2 Å². The smallest absolute Gasteiger partial charge is 0.338 e. The maximum absolute atomic E-state index is 12.6. The highest BCUT2D eigenvalue weighted by Gasteiger charge is 2.36. The fourth-order valence-electron chi connectivity index (χ4n) is 2.91. The lowest BCUT2D eigenvalue weighted by molar-refractivity contribution is -0.139. The number of nitrogens with one attached hydrogen (secondary N) is 1. The molecule has 0 aromatic heterocycles. The van der Waals surface area contributed by atoms with Crippen LogP contribution in [0, 0.1) is 17.2 Å². The topological polar surface area (TPSA) is 82.4 Å². The number of allylic oxidation sites excluding steroid dienone is 1. The lowest BCUT2D eigenvalue weighted by Gasteiger charge is -2.35. The summed E-state index contributed by atoms with van der Waals surface area (Å²) in [7, 11) is 0. The number of hydrogen-bond donors (Lipinski definition) is 1. The summed E-state index contributed by atoms with van der Waals surface area (Å²) in [5.41, 5.74) is 2.30. The van der Waals surface area contributed by atoms with Crippen molar-refractivity contribution in [2.75, 3.05) is 13.2 Å². The molecule has 0 fully saturated rings. The van der Waals surface area contributed by atoms with Gasteiger partial charge in [0, 0.05) is 12.2 Å². The van der Waals surface area contributed by atoms with E-state index in [0.29, 0.717) is 29.3 Å². The van der Waals surface area contributed by atoms with Crippen LogP contribution in [0.4, 0.5) is 4.79 Å². The summed E-state index contributed by atoms with van der Waals surface area (Å²) >= 11 is 0. The number of hydrogen-bond acceptors (Lipinski definition) is 4. The number of esters is 1. The molecular weight excluding hydrogens is 330 g/mol. The quantitative estimate of drug-likeness (QED) is 0.792. The number of nitriles is 1. The third-order valence-electron chi connectivity index (χ3n) is 4.39. The average Bonchev–Trinajstić information content (AvgIpc) is 2.61. The molecule has 26 heavy (non-hydrogen) atoms. The highest BCUT2D eigenvalue weighted by Crippen LogP contribution is 2.31. The van der Waals surface area contributed by atoms with Crippen LogP contribution in [-0.4, -0.2) is 30.1 Å². The largest absolute Gasteiger partial charge is 0.463 e. The highest BCUT2D eigenvalue weighted by molar-refractivity contribution is 5.95. The van der Waals surface area contributed by atoms with E-state index in [9.17, 15) is 9.59 Å². The highest BCUT2D eigenvalue weighted by atomic mass is 16.5. The van der Waals surface area contributed by atoms with E-state index in [1.54, 1.807) is 43.0 Å². The van der Waals surface area contributed by atoms with Crippen LogP contribution in [0.3, 0.4) is 0 Å². The summed E-state index contributed by atoms with van der Waals surface area (Å²) < 4.78 is 5.23. The molecule has 0 bridgehead atoms. The minimum atomic E-state index is -0.593. The number of nitrogens with zero attached hydrogens (tertiary/aromatic N) is 2. The van der Waals surface area contributed by atoms with E-state index in [1.165, 1.54) is 0 Å². The Hall–Kier alpha value is -2.81. The normalized spacial score (nSPS) is 17.2. The van der Waals surface area contributed by atoms with Crippen molar-refractivity contribution in [2.45, 2.75) is 40.2 Å². The molecule has 1 aliphatic rings. The van der Waals surface area contributed by atoms with E-state index in [2.05, 4.69) is 25.2 Å². The maximum atomic E-state index is 12.6. The number of benzene rings is 1. The van der Waals surface area contributed by atoms with E-state index in [1.807, 2.05) is 0 Å². The number of rotatable bonds is 6. The van der Waals surface area contributed by atoms with Gasteiger partial charge in [-0.15, -0.1) is 0 Å². The van der Waals surface area contributed by atoms with Gasteiger partial charge in [0.1, 0.15) is 0 Å². The molecule has 0 aliphatic carbocycles. The van der Waals surface area contributed by atoms with Gasteiger partial charge in [0.25, 0.3) is 0 Å². The first-order valence-electron chi connectivity index (χ1n) is 8.85. The summed E-state index contributed by atoms with van der Waals surface area (Å²) in [6.07, 6.45) is 0.836. The van der Waals surface area contributed by atoms with Crippen molar-refractivity contribution < 1.29 is 14.3 Å². The van der Waals surface area contributed by atoms with Crippen LogP contribution in [0.1, 0.15) is 51.3 Å². The molecule has 2 amide bonds. The zero-order chi connectivity index (χ0) is 19.3. The number of carbonyl (C=O) groups is 2. The predicted octanol–water partition coefficient (Wildman–Crippen LogP) is 3.51. The summed E-state index contributed by atoms with van der Waals surface area (Å²) in [5.74, 6) is 0.00630. The standard InChI is InChI=1S/C20H25N3O3/c1-5-26-19(24)17-14(4)23(11-10-13(2)3)20(25)22-18(17)16-8-6-15(12-21)7-9-16/h6-9,13,18H,5,10-11H2,1-4H3,(H,22,25)/t18-/m0/s1. The molecule has 0 radical (unpaired) electrons. The molecule has 0 spiro atoms. The second kappa shape index (κ2) is 8.52. The van der Waals surface area contributed by atoms with Gasteiger partial charge in [0.05, 0.1) is 29.9 Å². The lowest BCUT2D eigenvalue weighted by atomic mass is 9.94. The van der Waals surface area contributed by atoms with Gasteiger partial charge in [0.2, 0.25) is 0 Å². The third kappa shape index (κ3) is 4.23. The Kier molecular flexibility index (Phi) is 6.40. The first kappa shape index (κ1) is 19.5. The van der Waals surface area contributed by atoms with Crippen LogP contribution >= 0.6 is 0 Å². The molecule has 1 aromatic rings. The average molecular weight is 355 g/mol. The first-order chi connectivity index (χ1) is 12.4. The van der Waals surface area contributed by atoms with Crippen LogP contribution in [0.15, 0.2) is 35.5 Å². The monoisotopic (exact) mass is 355 g/mol. The third-order valence-corrected chi connectivity index (χ3v) is 4.39. The SMILES string of the molecule is CCOC(=O)C1=C(C)N(CCC(C)C)C(=O)N[C@H]1c1ccc(C#N)cc1. The second-order valence-electron chi connectivity index (χ2n) is 6.67. The van der Waals surface area contributed by atoms with Gasteiger partial charge < -0.3 is 10.1 Å². The molecule has 1 atom stereocenters. The number of urea groups is 1. The Labute approximate surface area is 154 Å². The molecule has 6 nitrogen and oxygen atoms in total. The van der Waals surface area contributed by atoms with Gasteiger partial charge in [-0.3, -0.25) is 4.90 Å². The predicted molar refractivity (Wildman–Crippen MR) is 97.9 cm³/mol. The summed E-state index contributed by atoms with van der Waals surface area (Å²) in [6, 6.07) is 8.08. The molecule has 6 heteroatoms. The zero-order valence-corrected chi connectivity index (χ0v) is 15.7. The molecule has 0 unspecified atom stereocenters. The minimum Gasteiger partial charge on any atom is -0.463 e. The van der Waals surface area contributed by atoms with E-state index in [0.717, 1.165) is 12.0 Å². The van der Waals surface area contributed by atoms with E-state index >= 15 is 0 Å². The summed E-state index contributed by atoms with van der Waals surface area (Å²) in [6.45, 7) is 8.51. The van der Waals surface area contributed by atoms with Crippen LogP contribution in [0.2, 0.25) is 0 Å². The van der Waals surface area contributed by atoms with Crippen LogP contribution < -0.4 is 5.32 Å². The zero-order valence-electron chi connectivity index (χ0n) is 15.7. The molecule has 138 valence electrons. The van der Waals surface area contributed by atoms with E-state index in [-0.39, 0.29) is 12.6 Å². The molecule has 1 aromatic carbocycles. The first-order valence-corrected chi connectivity index (χ1v) is 8.85. The molecule has 0 saturated heterocycles. The van der Waals surface area contributed by atoms with E-state index in [4.69, 9.17) is 10.00 Å². The van der Waals surface area contributed by atoms with Crippen molar-refractivity contribution >= 4 is 12.0 Å². The number of ether oxygens (including phenoxy) is 1. The lowest BCUT2D eigenvalue weighted by Crippen LogP contribution is -2.48. The Morgan fingerprint density at radius 3 is 2.54 bits per heavy atom. The van der Waals surface area contributed by atoms with Crippen molar-refractivity contribution in [3.05, 3.63) is 46.7 Å².